The molecule has 0 amide bonds. The van der Waals surface area contributed by atoms with Crippen molar-refractivity contribution >= 4 is 0 Å². The molecule has 3 N–H and O–H groups in total. The molecule has 1 aliphatic carbocycles. The summed E-state index contributed by atoms with van der Waals surface area (Å²) in [6.07, 6.45) is 7.02. The van der Waals surface area contributed by atoms with E-state index >= 15 is 0 Å². The van der Waals surface area contributed by atoms with Gasteiger partial charge in [-0.05, 0) is 42.4 Å². The minimum atomic E-state index is -0.542. The number of nitrogens with two attached hydrogens (primary N) is 1. The first kappa shape index (κ1) is 15.4. The van der Waals surface area contributed by atoms with Crippen molar-refractivity contribution in [3.05, 3.63) is 35.4 Å². The molecule has 0 spiro atoms. The highest BCUT2D eigenvalue weighted by Crippen LogP contribution is 2.38. The van der Waals surface area contributed by atoms with E-state index in [-0.39, 0.29) is 6.04 Å². The van der Waals surface area contributed by atoms with Crippen LogP contribution in [0.1, 0.15) is 57.1 Å². The third kappa shape index (κ3) is 3.76. The van der Waals surface area contributed by atoms with Crippen LogP contribution in [0, 0.1) is 23.5 Å². The van der Waals surface area contributed by atoms with Crippen molar-refractivity contribution in [3.8, 4) is 0 Å². The van der Waals surface area contributed by atoms with Gasteiger partial charge in [-0.2, -0.15) is 0 Å². The van der Waals surface area contributed by atoms with Gasteiger partial charge in [-0.15, -0.1) is 0 Å². The summed E-state index contributed by atoms with van der Waals surface area (Å²) in [5, 5.41) is 0. The van der Waals surface area contributed by atoms with Crippen LogP contribution in [0.15, 0.2) is 18.2 Å². The fourth-order valence-electron chi connectivity index (χ4n) is 3.48. The standard InChI is InChI=1S/C16H24F2N2/c1-2-3-11-4-6-12(7-5-11)16(20-19)13-8-14(17)10-15(18)9-13/h8-12,16,20H,2-7,19H2,1H3. The Labute approximate surface area is 119 Å². The van der Waals surface area contributed by atoms with E-state index < -0.39 is 11.6 Å². The van der Waals surface area contributed by atoms with Crippen LogP contribution >= 0.6 is 0 Å². The molecule has 20 heavy (non-hydrogen) atoms. The second-order valence-electron chi connectivity index (χ2n) is 5.92. The molecular weight excluding hydrogens is 258 g/mol. The Morgan fingerprint density at radius 3 is 2.25 bits per heavy atom. The van der Waals surface area contributed by atoms with E-state index in [1.807, 2.05) is 0 Å². The van der Waals surface area contributed by atoms with Crippen molar-refractivity contribution in [2.24, 2.45) is 17.7 Å². The number of hydrazine groups is 1. The highest BCUT2D eigenvalue weighted by molar-refractivity contribution is 5.22. The third-order valence-electron chi connectivity index (χ3n) is 4.48. The Balaban J connectivity index is 2.05. The van der Waals surface area contributed by atoms with E-state index in [1.54, 1.807) is 0 Å². The highest BCUT2D eigenvalue weighted by Gasteiger charge is 2.28. The second-order valence-corrected chi connectivity index (χ2v) is 5.92. The van der Waals surface area contributed by atoms with Crippen LogP contribution in [-0.4, -0.2) is 0 Å². The summed E-state index contributed by atoms with van der Waals surface area (Å²) >= 11 is 0. The van der Waals surface area contributed by atoms with Gasteiger partial charge in [0.05, 0.1) is 0 Å². The van der Waals surface area contributed by atoms with Gasteiger partial charge in [-0.3, -0.25) is 11.3 Å². The van der Waals surface area contributed by atoms with E-state index in [1.165, 1.54) is 37.8 Å². The number of benzene rings is 1. The molecule has 0 aromatic heterocycles. The van der Waals surface area contributed by atoms with Gasteiger partial charge in [0.15, 0.2) is 0 Å². The normalized spacial score (nSPS) is 24.6. The van der Waals surface area contributed by atoms with Crippen LogP contribution in [-0.2, 0) is 0 Å². The molecule has 0 aliphatic heterocycles. The maximum Gasteiger partial charge on any atom is 0.126 e. The first-order valence-corrected chi connectivity index (χ1v) is 7.56. The summed E-state index contributed by atoms with van der Waals surface area (Å²) in [6, 6.07) is 3.50. The van der Waals surface area contributed by atoms with E-state index in [4.69, 9.17) is 5.84 Å². The largest absolute Gasteiger partial charge is 0.271 e. The molecule has 112 valence electrons. The first-order valence-electron chi connectivity index (χ1n) is 7.56. The molecule has 2 rings (SSSR count). The summed E-state index contributed by atoms with van der Waals surface area (Å²) < 4.78 is 26.7. The Kier molecular flexibility index (Phi) is 5.49. The molecule has 0 saturated heterocycles. The van der Waals surface area contributed by atoms with Crippen molar-refractivity contribution in [1.29, 1.82) is 0 Å². The number of hydrogen-bond acceptors (Lipinski definition) is 2. The van der Waals surface area contributed by atoms with Gasteiger partial charge in [0.1, 0.15) is 11.6 Å². The first-order chi connectivity index (χ1) is 9.63. The molecule has 1 aliphatic rings. The second kappa shape index (κ2) is 7.14. The van der Waals surface area contributed by atoms with Gasteiger partial charge >= 0.3 is 0 Å². The minimum Gasteiger partial charge on any atom is -0.271 e. The molecule has 0 bridgehead atoms. The summed E-state index contributed by atoms with van der Waals surface area (Å²) in [5.41, 5.74) is 3.37. The lowest BCUT2D eigenvalue weighted by atomic mass is 9.75. The lowest BCUT2D eigenvalue weighted by Crippen LogP contribution is -2.35. The fourth-order valence-corrected chi connectivity index (χ4v) is 3.48. The zero-order chi connectivity index (χ0) is 14.5. The van der Waals surface area contributed by atoms with Crippen LogP contribution in [0.2, 0.25) is 0 Å². The monoisotopic (exact) mass is 282 g/mol. The van der Waals surface area contributed by atoms with Gasteiger partial charge < -0.3 is 0 Å². The molecule has 4 heteroatoms. The van der Waals surface area contributed by atoms with Crippen molar-refractivity contribution in [1.82, 2.24) is 5.43 Å². The van der Waals surface area contributed by atoms with Gasteiger partial charge in [0.2, 0.25) is 0 Å². The van der Waals surface area contributed by atoms with E-state index in [0.29, 0.717) is 11.5 Å². The van der Waals surface area contributed by atoms with Gasteiger partial charge in [0, 0.05) is 12.1 Å². The predicted molar refractivity (Wildman–Crippen MR) is 76.8 cm³/mol. The van der Waals surface area contributed by atoms with Crippen molar-refractivity contribution in [3.63, 3.8) is 0 Å². The van der Waals surface area contributed by atoms with Gasteiger partial charge in [-0.1, -0.05) is 32.6 Å². The molecule has 1 fully saturated rings. The molecule has 1 aromatic carbocycles. The molecule has 1 atom stereocenters. The molecule has 0 heterocycles. The Morgan fingerprint density at radius 1 is 1.15 bits per heavy atom. The number of rotatable bonds is 5. The quantitative estimate of drug-likeness (QED) is 0.631. The summed E-state index contributed by atoms with van der Waals surface area (Å²) in [5.74, 6) is 5.71. The van der Waals surface area contributed by atoms with E-state index in [9.17, 15) is 8.78 Å². The zero-order valence-corrected chi connectivity index (χ0v) is 12.0. The molecule has 2 nitrogen and oxygen atoms in total. The van der Waals surface area contributed by atoms with Crippen LogP contribution < -0.4 is 11.3 Å². The lowest BCUT2D eigenvalue weighted by Gasteiger charge is -2.33. The average Bonchev–Trinajstić information content (AvgIpc) is 2.41. The van der Waals surface area contributed by atoms with Crippen LogP contribution in [0.25, 0.3) is 0 Å². The number of hydrogen-bond donors (Lipinski definition) is 2. The van der Waals surface area contributed by atoms with Crippen molar-refractivity contribution in [2.45, 2.75) is 51.5 Å². The van der Waals surface area contributed by atoms with Crippen molar-refractivity contribution in [2.75, 3.05) is 0 Å². The fraction of sp³-hybridized carbons (Fsp3) is 0.625. The molecule has 0 radical (unpaired) electrons. The Hall–Kier alpha value is -1.00. The Morgan fingerprint density at radius 2 is 1.75 bits per heavy atom. The number of halogens is 2. The SMILES string of the molecule is CCCC1CCC(C(NN)c2cc(F)cc(F)c2)CC1. The summed E-state index contributed by atoms with van der Waals surface area (Å²) in [7, 11) is 0. The highest BCUT2D eigenvalue weighted by atomic mass is 19.1. The Bertz CT molecular complexity index is 408. The molecule has 1 unspecified atom stereocenters. The molecule has 1 aromatic rings. The lowest BCUT2D eigenvalue weighted by molar-refractivity contribution is 0.214. The number of nitrogens with one attached hydrogen (secondary N) is 1. The van der Waals surface area contributed by atoms with Crippen LogP contribution in [0.5, 0.6) is 0 Å². The maximum absolute atomic E-state index is 13.3. The van der Waals surface area contributed by atoms with Crippen LogP contribution in [0.4, 0.5) is 8.78 Å². The zero-order valence-electron chi connectivity index (χ0n) is 12.0. The summed E-state index contributed by atoms with van der Waals surface area (Å²) in [4.78, 5) is 0. The predicted octanol–water partition coefficient (Wildman–Crippen LogP) is 4.08. The minimum absolute atomic E-state index is 0.164. The molecule has 1 saturated carbocycles. The van der Waals surface area contributed by atoms with E-state index in [0.717, 1.165) is 24.8 Å². The van der Waals surface area contributed by atoms with Crippen molar-refractivity contribution < 1.29 is 8.78 Å². The maximum atomic E-state index is 13.3. The third-order valence-corrected chi connectivity index (χ3v) is 4.48. The van der Waals surface area contributed by atoms with Gasteiger partial charge in [-0.25, -0.2) is 8.78 Å². The smallest absolute Gasteiger partial charge is 0.126 e. The molecular formula is C16H24F2N2. The van der Waals surface area contributed by atoms with Crippen LogP contribution in [0.3, 0.4) is 0 Å². The average molecular weight is 282 g/mol. The van der Waals surface area contributed by atoms with E-state index in [2.05, 4.69) is 12.3 Å². The van der Waals surface area contributed by atoms with Gasteiger partial charge in [0.25, 0.3) is 0 Å². The summed E-state index contributed by atoms with van der Waals surface area (Å²) in [6.45, 7) is 2.21. The topological polar surface area (TPSA) is 38.0 Å².